The minimum atomic E-state index is -3.82. The van der Waals surface area contributed by atoms with Gasteiger partial charge in [-0.15, -0.1) is 11.3 Å². The summed E-state index contributed by atoms with van der Waals surface area (Å²) in [4.78, 5) is 15.8. The summed E-state index contributed by atoms with van der Waals surface area (Å²) in [5.74, 6) is -1.04. The van der Waals surface area contributed by atoms with Crippen molar-refractivity contribution >= 4 is 27.3 Å². The van der Waals surface area contributed by atoms with Crippen LogP contribution in [0.15, 0.2) is 34.5 Å². The van der Waals surface area contributed by atoms with E-state index < -0.39 is 21.8 Å². The minimum Gasteiger partial charge on any atom is -0.461 e. The third-order valence-corrected chi connectivity index (χ3v) is 6.19. The molecule has 1 heterocycles. The molecule has 0 radical (unpaired) electrons. The van der Waals surface area contributed by atoms with Gasteiger partial charge in [-0.3, -0.25) is 0 Å². The molecule has 0 aliphatic heterocycles. The van der Waals surface area contributed by atoms with Gasteiger partial charge in [-0.25, -0.2) is 22.6 Å². The van der Waals surface area contributed by atoms with E-state index in [9.17, 15) is 17.6 Å². The Morgan fingerprint density at radius 3 is 2.52 bits per heavy atom. The lowest BCUT2D eigenvalue weighted by Crippen LogP contribution is -2.36. The number of sulfonamides is 1. The highest BCUT2D eigenvalue weighted by Gasteiger charge is 2.28. The van der Waals surface area contributed by atoms with E-state index in [0.29, 0.717) is 5.01 Å². The largest absolute Gasteiger partial charge is 0.461 e. The Hall–Kier alpha value is -1.84. The van der Waals surface area contributed by atoms with Gasteiger partial charge in [-0.2, -0.15) is 4.31 Å². The van der Waals surface area contributed by atoms with Gasteiger partial charge >= 0.3 is 5.97 Å². The smallest absolute Gasteiger partial charge is 0.357 e. The van der Waals surface area contributed by atoms with Gasteiger partial charge in [0, 0.05) is 11.4 Å². The molecule has 0 aliphatic carbocycles. The third-order valence-electron chi connectivity index (χ3n) is 3.32. The van der Waals surface area contributed by atoms with E-state index in [1.54, 1.807) is 20.8 Å². The Balaban J connectivity index is 2.27. The Bertz CT molecular complexity index is 832. The topological polar surface area (TPSA) is 76.6 Å². The number of nitrogens with zero attached hydrogens (tertiary/aromatic N) is 2. The van der Waals surface area contributed by atoms with Gasteiger partial charge in [0.25, 0.3) is 0 Å². The SMILES string of the molecule is CCOC(=O)c1csc(CN(C(C)C)S(=O)(=O)c2ccc(F)cc2)n1. The second-order valence-electron chi connectivity index (χ2n) is 5.44. The summed E-state index contributed by atoms with van der Waals surface area (Å²) < 4.78 is 44.8. The van der Waals surface area contributed by atoms with Gasteiger partial charge in [0.15, 0.2) is 5.69 Å². The lowest BCUT2D eigenvalue weighted by Gasteiger charge is -2.25. The Labute approximate surface area is 150 Å². The predicted octanol–water partition coefficient (Wildman–Crippen LogP) is 3.06. The lowest BCUT2D eigenvalue weighted by atomic mass is 10.4. The molecule has 0 unspecified atom stereocenters. The molecule has 0 atom stereocenters. The quantitative estimate of drug-likeness (QED) is 0.684. The van der Waals surface area contributed by atoms with Gasteiger partial charge in [-0.1, -0.05) is 0 Å². The molecule has 0 spiro atoms. The fraction of sp³-hybridized carbons (Fsp3) is 0.375. The molecule has 0 fully saturated rings. The molecular formula is C16H19FN2O4S2. The maximum Gasteiger partial charge on any atom is 0.357 e. The molecule has 0 saturated heterocycles. The van der Waals surface area contributed by atoms with E-state index in [4.69, 9.17) is 4.74 Å². The zero-order valence-corrected chi connectivity index (χ0v) is 15.7. The van der Waals surface area contributed by atoms with E-state index in [-0.39, 0.29) is 29.8 Å². The number of carbonyl (C=O) groups excluding carboxylic acids is 1. The Kier molecular flexibility index (Phi) is 6.26. The maximum atomic E-state index is 13.1. The van der Waals surface area contributed by atoms with Crippen LogP contribution in [0, 0.1) is 5.82 Å². The average molecular weight is 386 g/mol. The molecule has 2 rings (SSSR count). The first-order chi connectivity index (χ1) is 11.8. The van der Waals surface area contributed by atoms with Crippen LogP contribution in [0.5, 0.6) is 0 Å². The second-order valence-corrected chi connectivity index (χ2v) is 8.28. The highest BCUT2D eigenvalue weighted by Crippen LogP contribution is 2.23. The number of esters is 1. The number of benzene rings is 1. The third kappa shape index (κ3) is 4.62. The molecule has 0 N–H and O–H groups in total. The zero-order valence-electron chi connectivity index (χ0n) is 14.1. The van der Waals surface area contributed by atoms with E-state index >= 15 is 0 Å². The number of hydrogen-bond acceptors (Lipinski definition) is 6. The molecule has 6 nitrogen and oxygen atoms in total. The molecule has 1 aromatic heterocycles. The van der Waals surface area contributed by atoms with E-state index in [1.807, 2.05) is 0 Å². The van der Waals surface area contributed by atoms with Gasteiger partial charge in [0.2, 0.25) is 10.0 Å². The van der Waals surface area contributed by atoms with Crippen LogP contribution in [-0.4, -0.2) is 36.3 Å². The normalized spacial score (nSPS) is 11.9. The van der Waals surface area contributed by atoms with Crippen molar-refractivity contribution in [1.82, 2.24) is 9.29 Å². The van der Waals surface area contributed by atoms with E-state index in [1.165, 1.54) is 33.2 Å². The monoisotopic (exact) mass is 386 g/mol. The number of ether oxygens (including phenoxy) is 1. The highest BCUT2D eigenvalue weighted by atomic mass is 32.2. The molecule has 0 amide bonds. The Morgan fingerprint density at radius 1 is 1.32 bits per heavy atom. The van der Waals surface area contributed by atoms with Crippen molar-refractivity contribution in [3.05, 3.63) is 46.2 Å². The van der Waals surface area contributed by atoms with Crippen molar-refractivity contribution in [3.8, 4) is 0 Å². The molecule has 25 heavy (non-hydrogen) atoms. The summed E-state index contributed by atoms with van der Waals surface area (Å²) in [5, 5.41) is 2.01. The predicted molar refractivity (Wildman–Crippen MR) is 92.3 cm³/mol. The first-order valence-electron chi connectivity index (χ1n) is 7.64. The first kappa shape index (κ1) is 19.5. The molecule has 0 aliphatic rings. The van der Waals surface area contributed by atoms with Gasteiger partial charge in [0.05, 0.1) is 18.0 Å². The standard InChI is InChI=1S/C16H19FN2O4S2/c1-4-23-16(20)14-10-24-15(18-14)9-19(11(2)3)25(21,22)13-7-5-12(17)6-8-13/h5-8,10-11H,4,9H2,1-3H3. The van der Waals surface area contributed by atoms with Gasteiger partial charge < -0.3 is 4.74 Å². The van der Waals surface area contributed by atoms with Crippen LogP contribution < -0.4 is 0 Å². The van der Waals surface area contributed by atoms with Crippen molar-refractivity contribution in [2.45, 2.75) is 38.3 Å². The van der Waals surface area contributed by atoms with Crippen LogP contribution in [0.4, 0.5) is 4.39 Å². The van der Waals surface area contributed by atoms with E-state index in [2.05, 4.69) is 4.98 Å². The summed E-state index contributed by atoms with van der Waals surface area (Å²) >= 11 is 1.19. The summed E-state index contributed by atoms with van der Waals surface area (Å²) in [6.45, 7) is 5.42. The van der Waals surface area contributed by atoms with Crippen molar-refractivity contribution in [2.75, 3.05) is 6.61 Å². The van der Waals surface area contributed by atoms with Crippen LogP contribution in [0.1, 0.15) is 36.3 Å². The van der Waals surface area contributed by atoms with Gasteiger partial charge in [-0.05, 0) is 45.0 Å². The van der Waals surface area contributed by atoms with Crippen molar-refractivity contribution < 1.29 is 22.3 Å². The summed E-state index contributed by atoms with van der Waals surface area (Å²) in [7, 11) is -3.82. The second kappa shape index (κ2) is 8.03. The van der Waals surface area contributed by atoms with Crippen LogP contribution in [-0.2, 0) is 21.3 Å². The molecular weight excluding hydrogens is 367 g/mol. The summed E-state index contributed by atoms with van der Waals surface area (Å²) in [6.07, 6.45) is 0. The summed E-state index contributed by atoms with van der Waals surface area (Å²) in [5.41, 5.74) is 0.157. The number of hydrogen-bond donors (Lipinski definition) is 0. The average Bonchev–Trinajstić information content (AvgIpc) is 3.01. The number of halogens is 1. The number of aromatic nitrogens is 1. The first-order valence-corrected chi connectivity index (χ1v) is 9.96. The van der Waals surface area contributed by atoms with Gasteiger partial charge in [0.1, 0.15) is 10.8 Å². The van der Waals surface area contributed by atoms with Crippen LogP contribution in [0.25, 0.3) is 0 Å². The highest BCUT2D eigenvalue weighted by molar-refractivity contribution is 7.89. The molecule has 2 aromatic rings. The maximum absolute atomic E-state index is 13.1. The zero-order chi connectivity index (χ0) is 18.6. The van der Waals surface area contributed by atoms with Crippen molar-refractivity contribution in [1.29, 1.82) is 0 Å². The van der Waals surface area contributed by atoms with Crippen LogP contribution in [0.3, 0.4) is 0 Å². The molecule has 1 aromatic carbocycles. The minimum absolute atomic E-state index is 0.00442. The molecule has 0 saturated carbocycles. The fourth-order valence-corrected chi connectivity index (χ4v) is 4.54. The Morgan fingerprint density at radius 2 is 1.96 bits per heavy atom. The van der Waals surface area contributed by atoms with Crippen molar-refractivity contribution in [3.63, 3.8) is 0 Å². The van der Waals surface area contributed by atoms with Crippen LogP contribution in [0.2, 0.25) is 0 Å². The van der Waals surface area contributed by atoms with Crippen molar-refractivity contribution in [2.24, 2.45) is 0 Å². The number of carbonyl (C=O) groups is 1. The number of rotatable bonds is 7. The fourth-order valence-electron chi connectivity index (χ4n) is 2.10. The van der Waals surface area contributed by atoms with E-state index in [0.717, 1.165) is 12.1 Å². The van der Waals surface area contributed by atoms with Crippen LogP contribution >= 0.6 is 11.3 Å². The number of thiazole rings is 1. The molecule has 9 heteroatoms. The molecule has 0 bridgehead atoms. The molecule has 136 valence electrons. The summed E-state index contributed by atoms with van der Waals surface area (Å²) in [6, 6.07) is 4.32. The lowest BCUT2D eigenvalue weighted by molar-refractivity contribution is 0.0520.